The van der Waals surface area contributed by atoms with Gasteiger partial charge in [0, 0.05) is 25.7 Å². The number of ether oxygens (including phenoxy) is 4. The van der Waals surface area contributed by atoms with Crippen molar-refractivity contribution in [3.05, 3.63) is 0 Å². The molecule has 0 saturated carbocycles. The molecular formula is C87H170O17P2. The summed E-state index contributed by atoms with van der Waals surface area (Å²) < 4.78 is 68.9. The highest BCUT2D eigenvalue weighted by Crippen LogP contribution is 2.45. The van der Waals surface area contributed by atoms with Gasteiger partial charge in [-0.25, -0.2) is 9.13 Å². The van der Waals surface area contributed by atoms with Crippen LogP contribution in [0.1, 0.15) is 459 Å². The zero-order chi connectivity index (χ0) is 77.9. The van der Waals surface area contributed by atoms with Crippen molar-refractivity contribution in [3.63, 3.8) is 0 Å². The molecule has 0 spiro atoms. The van der Waals surface area contributed by atoms with Crippen LogP contribution >= 0.6 is 15.6 Å². The summed E-state index contributed by atoms with van der Waals surface area (Å²) in [6, 6.07) is 0. The van der Waals surface area contributed by atoms with Gasteiger partial charge in [0.15, 0.2) is 12.2 Å². The first-order valence-electron chi connectivity index (χ1n) is 44.9. The summed E-state index contributed by atoms with van der Waals surface area (Å²) in [5.41, 5.74) is 0. The highest BCUT2D eigenvalue weighted by atomic mass is 31.2. The van der Waals surface area contributed by atoms with E-state index < -0.39 is 97.5 Å². The Labute approximate surface area is 651 Å². The van der Waals surface area contributed by atoms with E-state index in [-0.39, 0.29) is 25.7 Å². The number of esters is 4. The number of carbonyl (C=O) groups is 4. The lowest BCUT2D eigenvalue weighted by Gasteiger charge is -2.21. The van der Waals surface area contributed by atoms with Crippen LogP contribution in [0.15, 0.2) is 0 Å². The molecular weight excluding hydrogens is 1380 g/mol. The molecule has 0 aromatic heterocycles. The maximum atomic E-state index is 13.2. The van der Waals surface area contributed by atoms with Crippen molar-refractivity contribution in [2.75, 3.05) is 39.6 Å². The number of phosphoric ester groups is 2. The van der Waals surface area contributed by atoms with E-state index >= 15 is 0 Å². The Morgan fingerprint density at radius 3 is 0.717 bits per heavy atom. The van der Waals surface area contributed by atoms with Crippen LogP contribution in [-0.2, 0) is 65.4 Å². The first-order valence-corrected chi connectivity index (χ1v) is 47.9. The standard InChI is InChI=1S/C87H170O17P2/c1-8-10-11-12-13-14-15-33-40-47-54-61-68-84(89)97-74-82(104-87(92)71-64-57-50-43-36-29-28-31-38-45-52-59-66-79(5)6)76-101-105(93,94)99-72-81(88)73-100-106(95,96)102-77-83(75-98-85(90)69-62-55-48-41-34-26-23-22-24-30-37-44-51-58-65-78(3)4)103-86(91)70-63-56-49-42-35-27-21-19-17-16-18-20-25-32-39-46-53-60-67-80(7)9-2/h78-83,88H,8-77H2,1-7H3,(H,93,94)(H,95,96)/t80?,81-,82+,83+/m0/s1. The molecule has 0 aliphatic heterocycles. The molecule has 0 rings (SSSR count). The minimum atomic E-state index is -4.97. The summed E-state index contributed by atoms with van der Waals surface area (Å²) in [5, 5.41) is 10.7. The van der Waals surface area contributed by atoms with E-state index in [9.17, 15) is 43.2 Å². The fraction of sp³-hybridized carbons (Fsp3) is 0.954. The molecule has 0 saturated heterocycles. The van der Waals surface area contributed by atoms with Gasteiger partial charge in [-0.2, -0.15) is 0 Å². The van der Waals surface area contributed by atoms with Gasteiger partial charge in [-0.15, -0.1) is 0 Å². The number of carbonyl (C=O) groups excluding carboxylic acids is 4. The lowest BCUT2D eigenvalue weighted by molar-refractivity contribution is -0.161. The van der Waals surface area contributed by atoms with Crippen molar-refractivity contribution in [1.29, 1.82) is 0 Å². The third-order valence-corrected chi connectivity index (χ3v) is 22.6. The summed E-state index contributed by atoms with van der Waals surface area (Å²) in [4.78, 5) is 73.3. The number of hydrogen-bond acceptors (Lipinski definition) is 15. The van der Waals surface area contributed by atoms with E-state index in [1.54, 1.807) is 0 Å². The molecule has 0 radical (unpaired) electrons. The van der Waals surface area contributed by atoms with Crippen molar-refractivity contribution in [2.45, 2.75) is 478 Å². The Morgan fingerprint density at radius 1 is 0.274 bits per heavy atom. The number of hydrogen-bond donors (Lipinski definition) is 3. The summed E-state index contributed by atoms with van der Waals surface area (Å²) >= 11 is 0. The van der Waals surface area contributed by atoms with Crippen LogP contribution in [0.3, 0.4) is 0 Å². The monoisotopic (exact) mass is 1550 g/mol. The summed E-state index contributed by atoms with van der Waals surface area (Å²) in [6.07, 6.45) is 67.9. The van der Waals surface area contributed by atoms with Gasteiger partial charge in [-0.3, -0.25) is 37.3 Å². The van der Waals surface area contributed by atoms with E-state index in [1.807, 2.05) is 0 Å². The van der Waals surface area contributed by atoms with Gasteiger partial charge in [-0.05, 0) is 43.4 Å². The average Bonchev–Trinajstić information content (AvgIpc) is 0.900. The fourth-order valence-electron chi connectivity index (χ4n) is 13.5. The topological polar surface area (TPSA) is 237 Å². The van der Waals surface area contributed by atoms with Crippen LogP contribution in [0.5, 0.6) is 0 Å². The van der Waals surface area contributed by atoms with Gasteiger partial charge in [0.1, 0.15) is 19.3 Å². The molecule has 0 amide bonds. The van der Waals surface area contributed by atoms with Crippen LogP contribution < -0.4 is 0 Å². The molecule has 6 atom stereocenters. The third kappa shape index (κ3) is 78.7. The maximum Gasteiger partial charge on any atom is 0.472 e. The third-order valence-electron chi connectivity index (χ3n) is 20.7. The lowest BCUT2D eigenvalue weighted by Crippen LogP contribution is -2.30. The van der Waals surface area contributed by atoms with Gasteiger partial charge < -0.3 is 33.8 Å². The molecule has 3 N–H and O–H groups in total. The van der Waals surface area contributed by atoms with Gasteiger partial charge in [0.2, 0.25) is 0 Å². The van der Waals surface area contributed by atoms with Crippen LogP contribution in [0.25, 0.3) is 0 Å². The second-order valence-corrected chi connectivity index (χ2v) is 35.4. The molecule has 0 aromatic carbocycles. The average molecular weight is 1550 g/mol. The summed E-state index contributed by atoms with van der Waals surface area (Å²) in [5.74, 6) is 0.345. The predicted octanol–water partition coefficient (Wildman–Crippen LogP) is 26.5. The normalized spacial score (nSPS) is 14.1. The van der Waals surface area contributed by atoms with Gasteiger partial charge in [0.05, 0.1) is 26.4 Å². The Hall–Kier alpha value is -1.94. The van der Waals surface area contributed by atoms with Crippen LogP contribution in [-0.4, -0.2) is 96.7 Å². The molecule has 0 fully saturated rings. The molecule has 19 heteroatoms. The molecule has 0 aromatic rings. The van der Waals surface area contributed by atoms with Crippen molar-refractivity contribution in [1.82, 2.24) is 0 Å². The van der Waals surface area contributed by atoms with Crippen LogP contribution in [0.4, 0.5) is 0 Å². The van der Waals surface area contributed by atoms with E-state index in [2.05, 4.69) is 48.5 Å². The summed E-state index contributed by atoms with van der Waals surface area (Å²) in [6.45, 7) is 12.1. The Kier molecular flexibility index (Phi) is 75.6. The molecule has 0 aliphatic carbocycles. The van der Waals surface area contributed by atoms with Gasteiger partial charge in [0.25, 0.3) is 0 Å². The van der Waals surface area contributed by atoms with Crippen LogP contribution in [0.2, 0.25) is 0 Å². The zero-order valence-corrected chi connectivity index (χ0v) is 71.7. The van der Waals surface area contributed by atoms with E-state index in [0.717, 1.165) is 108 Å². The Bertz CT molecular complexity index is 2050. The van der Waals surface area contributed by atoms with E-state index in [4.69, 9.17) is 37.0 Å². The molecule has 3 unspecified atom stereocenters. The first kappa shape index (κ1) is 104. The molecule has 0 heterocycles. The predicted molar refractivity (Wildman–Crippen MR) is 437 cm³/mol. The minimum absolute atomic E-state index is 0.107. The van der Waals surface area contributed by atoms with Crippen LogP contribution in [0, 0.1) is 17.8 Å². The zero-order valence-electron chi connectivity index (χ0n) is 69.9. The molecule has 17 nitrogen and oxygen atoms in total. The number of unbranched alkanes of at least 4 members (excludes halogenated alkanes) is 52. The second kappa shape index (κ2) is 77.0. The molecule has 0 bridgehead atoms. The van der Waals surface area contributed by atoms with E-state index in [1.165, 1.54) is 270 Å². The van der Waals surface area contributed by atoms with Gasteiger partial charge in [-0.1, -0.05) is 408 Å². The summed E-state index contributed by atoms with van der Waals surface area (Å²) in [7, 11) is -9.93. The number of aliphatic hydroxyl groups is 1. The SMILES string of the molecule is CCCCCCCCCCCCCCC(=O)OC[C@H](COP(=O)(O)OC[C@H](O)COP(=O)(O)OC[C@@H](COC(=O)CCCCCCCCCCCCCCCCC(C)C)OC(=O)CCCCCCCCCCCCCCCCCCCCC(C)CC)OC(=O)CCCCCCCCCCCCCCC(C)C. The largest absolute Gasteiger partial charge is 0.472 e. The number of rotatable bonds is 85. The number of phosphoric acid groups is 2. The quantitative estimate of drug-likeness (QED) is 0.0222. The highest BCUT2D eigenvalue weighted by molar-refractivity contribution is 7.47. The molecule has 0 aliphatic rings. The second-order valence-electron chi connectivity index (χ2n) is 32.5. The van der Waals surface area contributed by atoms with E-state index in [0.29, 0.717) is 25.7 Å². The Morgan fingerprint density at radius 2 is 0.481 bits per heavy atom. The molecule has 106 heavy (non-hydrogen) atoms. The molecule has 630 valence electrons. The van der Waals surface area contributed by atoms with Gasteiger partial charge >= 0.3 is 39.5 Å². The van der Waals surface area contributed by atoms with Crippen molar-refractivity contribution < 1.29 is 80.2 Å². The van der Waals surface area contributed by atoms with Crippen molar-refractivity contribution >= 4 is 39.5 Å². The highest BCUT2D eigenvalue weighted by Gasteiger charge is 2.31. The Balaban J connectivity index is 5.25. The lowest BCUT2D eigenvalue weighted by atomic mass is 9.99. The fourth-order valence-corrected chi connectivity index (χ4v) is 15.1. The van der Waals surface area contributed by atoms with Crippen molar-refractivity contribution in [2.24, 2.45) is 17.8 Å². The minimum Gasteiger partial charge on any atom is -0.462 e. The first-order chi connectivity index (χ1) is 51.3. The maximum absolute atomic E-state index is 13.2. The number of aliphatic hydroxyl groups excluding tert-OH is 1. The smallest absolute Gasteiger partial charge is 0.462 e. The van der Waals surface area contributed by atoms with Crippen molar-refractivity contribution in [3.8, 4) is 0 Å².